The normalized spacial score (nSPS) is 14.5. The van der Waals surface area contributed by atoms with E-state index < -0.39 is 17.6 Å². The van der Waals surface area contributed by atoms with Gasteiger partial charge >= 0.3 is 6.18 Å². The first-order valence-corrected chi connectivity index (χ1v) is 10.8. The van der Waals surface area contributed by atoms with Crippen LogP contribution in [0.25, 0.3) is 22.3 Å². The summed E-state index contributed by atoms with van der Waals surface area (Å²) in [6, 6.07) is 4.92. The van der Waals surface area contributed by atoms with Crippen molar-refractivity contribution in [2.24, 2.45) is 0 Å². The second kappa shape index (κ2) is 7.34. The van der Waals surface area contributed by atoms with Crippen LogP contribution in [0.1, 0.15) is 20.9 Å². The molecular weight excluding hydrogens is 495 g/mol. The minimum atomic E-state index is -4.65. The Morgan fingerprint density at radius 1 is 1.29 bits per heavy atom. The van der Waals surface area contributed by atoms with Gasteiger partial charge < -0.3 is 4.90 Å². The zero-order valence-corrected chi connectivity index (χ0v) is 18.1. The summed E-state index contributed by atoms with van der Waals surface area (Å²) in [6.45, 7) is 0.755. The molecule has 4 aromatic heterocycles. The number of hydrogen-bond donors (Lipinski definition) is 1. The SMILES string of the molecule is O=C(c1nc2c(C(F)(F)F)cc(-c3cn[nH]c3)cn2c1Br)N1CC=C(c2cccs2)C1. The van der Waals surface area contributed by atoms with Gasteiger partial charge in [-0.15, -0.1) is 11.3 Å². The molecule has 0 aliphatic carbocycles. The smallest absolute Gasteiger partial charge is 0.329 e. The van der Waals surface area contributed by atoms with Gasteiger partial charge in [-0.3, -0.25) is 14.3 Å². The number of aromatic nitrogens is 4. The molecule has 0 unspecified atom stereocenters. The maximum Gasteiger partial charge on any atom is 0.420 e. The van der Waals surface area contributed by atoms with Gasteiger partial charge in [0.15, 0.2) is 11.3 Å². The van der Waals surface area contributed by atoms with Crippen LogP contribution < -0.4 is 0 Å². The molecule has 1 amide bonds. The van der Waals surface area contributed by atoms with E-state index in [9.17, 15) is 18.0 Å². The Morgan fingerprint density at radius 3 is 2.81 bits per heavy atom. The van der Waals surface area contributed by atoms with E-state index in [1.807, 2.05) is 23.6 Å². The van der Waals surface area contributed by atoms with E-state index in [2.05, 4.69) is 31.1 Å². The van der Waals surface area contributed by atoms with Crippen molar-refractivity contribution in [2.75, 3.05) is 13.1 Å². The number of rotatable bonds is 3. The predicted octanol–water partition coefficient (Wildman–Crippen LogP) is 5.11. The number of thiophene rings is 1. The summed E-state index contributed by atoms with van der Waals surface area (Å²) in [5.41, 5.74) is 0.487. The number of nitrogens with one attached hydrogen (secondary N) is 1. The Balaban J connectivity index is 1.56. The number of H-pyrrole nitrogens is 1. The first-order chi connectivity index (χ1) is 14.8. The number of alkyl halides is 3. The van der Waals surface area contributed by atoms with Crippen LogP contribution in [0.5, 0.6) is 0 Å². The topological polar surface area (TPSA) is 66.3 Å². The number of imidazole rings is 1. The molecule has 0 atom stereocenters. The molecule has 31 heavy (non-hydrogen) atoms. The van der Waals surface area contributed by atoms with Crippen molar-refractivity contribution in [3.05, 3.63) is 69.0 Å². The van der Waals surface area contributed by atoms with Gasteiger partial charge in [-0.2, -0.15) is 18.3 Å². The van der Waals surface area contributed by atoms with Crippen molar-refractivity contribution in [1.82, 2.24) is 24.5 Å². The Kier molecular flexibility index (Phi) is 4.74. The summed E-state index contributed by atoms with van der Waals surface area (Å²) in [5.74, 6) is -0.434. The second-order valence-corrected chi connectivity index (χ2v) is 8.66. The lowest BCUT2D eigenvalue weighted by molar-refractivity contribution is -0.136. The summed E-state index contributed by atoms with van der Waals surface area (Å²) < 4.78 is 42.8. The Bertz CT molecular complexity index is 1310. The molecule has 4 aromatic rings. The quantitative estimate of drug-likeness (QED) is 0.419. The summed E-state index contributed by atoms with van der Waals surface area (Å²) in [5, 5.41) is 8.34. The van der Waals surface area contributed by atoms with E-state index in [0.29, 0.717) is 24.2 Å². The molecule has 5 rings (SSSR count). The van der Waals surface area contributed by atoms with Crippen molar-refractivity contribution < 1.29 is 18.0 Å². The van der Waals surface area contributed by atoms with Gasteiger partial charge in [0.1, 0.15) is 4.60 Å². The first-order valence-electron chi connectivity index (χ1n) is 9.13. The van der Waals surface area contributed by atoms with Crippen molar-refractivity contribution in [1.29, 1.82) is 0 Å². The first kappa shape index (κ1) is 20.0. The van der Waals surface area contributed by atoms with E-state index in [-0.39, 0.29) is 15.9 Å². The summed E-state index contributed by atoms with van der Waals surface area (Å²) in [7, 11) is 0. The predicted molar refractivity (Wildman–Crippen MR) is 114 cm³/mol. The third kappa shape index (κ3) is 3.47. The van der Waals surface area contributed by atoms with Crippen molar-refractivity contribution in [2.45, 2.75) is 6.18 Å². The lowest BCUT2D eigenvalue weighted by atomic mass is 10.1. The van der Waals surface area contributed by atoms with E-state index in [4.69, 9.17) is 0 Å². The lowest BCUT2D eigenvalue weighted by Crippen LogP contribution is -2.29. The van der Waals surface area contributed by atoms with E-state index in [1.54, 1.807) is 16.2 Å². The van der Waals surface area contributed by atoms with Gasteiger partial charge in [0, 0.05) is 41.5 Å². The highest BCUT2D eigenvalue weighted by atomic mass is 79.9. The zero-order chi connectivity index (χ0) is 21.8. The fourth-order valence-electron chi connectivity index (χ4n) is 3.53. The Labute approximate surface area is 186 Å². The van der Waals surface area contributed by atoms with Crippen molar-refractivity contribution in [3.8, 4) is 11.1 Å². The number of pyridine rings is 1. The lowest BCUT2D eigenvalue weighted by Gasteiger charge is -2.15. The standard InChI is InChI=1S/C20H13BrF3N5OS/c21-17-16(19(30)28-4-3-11(9-28)15-2-1-5-31-15)27-18-14(20(22,23)24)6-12(10-29(17)18)13-7-25-26-8-13/h1-3,5-8,10H,4,9H2,(H,25,26). The number of amides is 1. The number of hydrogen-bond acceptors (Lipinski definition) is 4. The largest absolute Gasteiger partial charge is 0.420 e. The molecule has 0 fully saturated rings. The number of aromatic amines is 1. The summed E-state index contributed by atoms with van der Waals surface area (Å²) in [6.07, 6.45) is 1.74. The Morgan fingerprint density at radius 2 is 2.13 bits per heavy atom. The molecule has 0 bridgehead atoms. The molecule has 0 spiro atoms. The molecule has 11 heteroatoms. The maximum atomic E-state index is 13.8. The average molecular weight is 508 g/mol. The van der Waals surface area contributed by atoms with E-state index in [1.165, 1.54) is 23.0 Å². The van der Waals surface area contributed by atoms with Gasteiger partial charge in [-0.25, -0.2) is 4.98 Å². The number of carbonyl (C=O) groups is 1. The highest BCUT2D eigenvalue weighted by molar-refractivity contribution is 9.10. The monoisotopic (exact) mass is 507 g/mol. The molecule has 1 aliphatic heterocycles. The molecule has 0 saturated carbocycles. The van der Waals surface area contributed by atoms with Crippen molar-refractivity contribution in [3.63, 3.8) is 0 Å². The molecule has 5 heterocycles. The van der Waals surface area contributed by atoms with Gasteiger partial charge in [0.25, 0.3) is 5.91 Å². The number of fused-ring (bicyclic) bond motifs is 1. The van der Waals surface area contributed by atoms with Crippen LogP contribution in [0.3, 0.4) is 0 Å². The zero-order valence-electron chi connectivity index (χ0n) is 15.7. The van der Waals surface area contributed by atoms with Gasteiger partial charge in [0.05, 0.1) is 11.8 Å². The molecular formula is C20H13BrF3N5OS. The Hall–Kier alpha value is -2.92. The van der Waals surface area contributed by atoms with Crippen LogP contribution in [0.4, 0.5) is 13.2 Å². The van der Waals surface area contributed by atoms with Crippen LogP contribution in [0, 0.1) is 0 Å². The molecule has 1 aliphatic rings. The number of halogens is 4. The number of nitrogens with zero attached hydrogens (tertiary/aromatic N) is 4. The third-order valence-electron chi connectivity index (χ3n) is 5.05. The van der Waals surface area contributed by atoms with E-state index >= 15 is 0 Å². The molecule has 0 aromatic carbocycles. The van der Waals surface area contributed by atoms with Crippen LogP contribution in [0.2, 0.25) is 0 Å². The molecule has 6 nitrogen and oxygen atoms in total. The molecule has 158 valence electrons. The summed E-state index contributed by atoms with van der Waals surface area (Å²) >= 11 is 4.87. The van der Waals surface area contributed by atoms with Crippen LogP contribution >= 0.6 is 27.3 Å². The minimum absolute atomic E-state index is 0.0596. The van der Waals surface area contributed by atoms with Crippen LogP contribution in [0.15, 0.2) is 52.8 Å². The molecule has 0 radical (unpaired) electrons. The van der Waals surface area contributed by atoms with Crippen LogP contribution in [-0.2, 0) is 6.18 Å². The second-order valence-electron chi connectivity index (χ2n) is 6.96. The van der Waals surface area contributed by atoms with Gasteiger partial charge in [0.2, 0.25) is 0 Å². The molecule has 1 N–H and O–H groups in total. The van der Waals surface area contributed by atoms with Gasteiger partial charge in [-0.05, 0) is 39.0 Å². The average Bonchev–Trinajstić information content (AvgIpc) is 3.53. The summed E-state index contributed by atoms with van der Waals surface area (Å²) in [4.78, 5) is 19.8. The highest BCUT2D eigenvalue weighted by Crippen LogP contribution is 2.37. The fraction of sp³-hybridized carbons (Fsp3) is 0.150. The highest BCUT2D eigenvalue weighted by Gasteiger charge is 2.36. The van der Waals surface area contributed by atoms with Crippen molar-refractivity contribution >= 4 is 44.4 Å². The molecule has 0 saturated heterocycles. The van der Waals surface area contributed by atoms with Crippen LogP contribution in [-0.4, -0.2) is 43.5 Å². The third-order valence-corrected chi connectivity index (χ3v) is 6.75. The fourth-order valence-corrected chi connectivity index (χ4v) is 4.82. The van der Waals surface area contributed by atoms with E-state index in [0.717, 1.165) is 16.5 Å². The van der Waals surface area contributed by atoms with Gasteiger partial charge in [-0.1, -0.05) is 12.1 Å². The minimum Gasteiger partial charge on any atom is -0.329 e. The maximum absolute atomic E-state index is 13.8. The number of carbonyl (C=O) groups excluding carboxylic acids is 1.